The van der Waals surface area contributed by atoms with Gasteiger partial charge >= 0.3 is 11.9 Å². The normalized spacial score (nSPS) is 11.4. The Hall–Kier alpha value is -1.58. The van der Waals surface area contributed by atoms with Gasteiger partial charge in [0.25, 0.3) is 0 Å². The fraction of sp³-hybridized carbons (Fsp3) is 0.750. The number of quaternary nitrogens is 2. The topological polar surface area (TPSA) is 52.6 Å². The minimum atomic E-state index is -0.262. The fourth-order valence-corrected chi connectivity index (χ4v) is 1.33. The van der Waals surface area contributed by atoms with Crippen molar-refractivity contribution in [1.29, 1.82) is 0 Å². The number of hydrogen-bond acceptors (Lipinski definition) is 4. The Balaban J connectivity index is 3.72. The van der Waals surface area contributed by atoms with Gasteiger partial charge in [-0.3, -0.25) is 9.59 Å². The van der Waals surface area contributed by atoms with Crippen molar-refractivity contribution in [2.45, 2.75) is 12.8 Å². The lowest BCUT2D eigenvalue weighted by molar-refractivity contribution is -0.869. The third kappa shape index (κ3) is 14.8. The summed E-state index contributed by atoms with van der Waals surface area (Å²) in [5.41, 5.74) is 0. The van der Waals surface area contributed by atoms with Crippen LogP contribution in [0.3, 0.4) is 0 Å². The van der Waals surface area contributed by atoms with Crippen LogP contribution in [-0.2, 0) is 19.1 Å². The average molecular weight is 314 g/mol. The SMILES string of the molecule is C[N+](C)(C)CCC(=O)OCC#CCOC(=O)CC[N+](C)(C)C. The second-order valence-electron chi connectivity index (χ2n) is 7.20. The zero-order chi connectivity index (χ0) is 17.2. The van der Waals surface area contributed by atoms with Crippen LogP contribution in [0.25, 0.3) is 0 Å². The zero-order valence-electron chi connectivity index (χ0n) is 14.8. The van der Waals surface area contributed by atoms with Gasteiger partial charge in [-0.1, -0.05) is 11.8 Å². The van der Waals surface area contributed by atoms with Crippen molar-refractivity contribution in [2.24, 2.45) is 0 Å². The van der Waals surface area contributed by atoms with E-state index in [9.17, 15) is 9.59 Å². The van der Waals surface area contributed by atoms with Crippen LogP contribution in [-0.4, -0.2) is 89.5 Å². The van der Waals surface area contributed by atoms with Crippen molar-refractivity contribution in [3.63, 3.8) is 0 Å². The van der Waals surface area contributed by atoms with Crippen molar-refractivity contribution in [3.05, 3.63) is 0 Å². The Morgan fingerprint density at radius 2 is 1.05 bits per heavy atom. The lowest BCUT2D eigenvalue weighted by Gasteiger charge is -2.22. The molecule has 126 valence electrons. The predicted octanol–water partition coefficient (Wildman–Crippen LogP) is 0.269. The fourth-order valence-electron chi connectivity index (χ4n) is 1.33. The van der Waals surface area contributed by atoms with Gasteiger partial charge in [0.15, 0.2) is 13.2 Å². The van der Waals surface area contributed by atoms with E-state index in [1.54, 1.807) is 0 Å². The van der Waals surface area contributed by atoms with E-state index in [2.05, 4.69) is 11.8 Å². The molecule has 0 fully saturated rings. The summed E-state index contributed by atoms with van der Waals surface area (Å²) in [7, 11) is 12.1. The summed E-state index contributed by atoms with van der Waals surface area (Å²) in [6, 6.07) is 0. The van der Waals surface area contributed by atoms with Crippen LogP contribution in [0.4, 0.5) is 0 Å². The number of carbonyl (C=O) groups excluding carboxylic acids is 2. The van der Waals surface area contributed by atoms with Gasteiger partial charge in [-0.05, 0) is 0 Å². The van der Waals surface area contributed by atoms with Crippen LogP contribution >= 0.6 is 0 Å². The Kier molecular flexibility index (Phi) is 8.76. The standard InChI is InChI=1S/C16H30N2O4/c1-17(2,3)11-9-15(19)21-13-7-8-14-22-16(20)10-12-18(4,5)6/h9-14H2,1-6H3/q+2. The molecule has 0 aliphatic rings. The van der Waals surface area contributed by atoms with Crippen LogP contribution < -0.4 is 0 Å². The summed E-state index contributed by atoms with van der Waals surface area (Å²) in [6.45, 7) is 1.51. The first-order valence-corrected chi connectivity index (χ1v) is 7.37. The molecule has 0 N–H and O–H groups in total. The van der Waals surface area contributed by atoms with Gasteiger partial charge in [-0.15, -0.1) is 0 Å². The average Bonchev–Trinajstić information content (AvgIpc) is 2.36. The van der Waals surface area contributed by atoms with E-state index in [-0.39, 0.29) is 25.2 Å². The van der Waals surface area contributed by atoms with Gasteiger partial charge in [0.05, 0.1) is 68.2 Å². The molecule has 0 aromatic carbocycles. The van der Waals surface area contributed by atoms with E-state index in [0.717, 1.165) is 13.1 Å². The number of hydrogen-bond donors (Lipinski definition) is 0. The molecule has 0 bridgehead atoms. The van der Waals surface area contributed by atoms with Crippen LogP contribution in [0, 0.1) is 11.8 Å². The molecule has 0 aromatic heterocycles. The van der Waals surface area contributed by atoms with Crippen LogP contribution in [0.1, 0.15) is 12.8 Å². The van der Waals surface area contributed by atoms with E-state index in [1.807, 2.05) is 42.3 Å². The molecule has 0 rings (SSSR count). The van der Waals surface area contributed by atoms with E-state index < -0.39 is 0 Å². The van der Waals surface area contributed by atoms with Crippen LogP contribution in [0.15, 0.2) is 0 Å². The molecule has 0 saturated heterocycles. The summed E-state index contributed by atoms with van der Waals surface area (Å²) in [6.07, 6.45) is 0.733. The summed E-state index contributed by atoms with van der Waals surface area (Å²) < 4.78 is 11.4. The summed E-state index contributed by atoms with van der Waals surface area (Å²) in [5, 5.41) is 0. The second kappa shape index (κ2) is 9.44. The molecular weight excluding hydrogens is 284 g/mol. The molecular formula is C16H30N2O4+2. The minimum Gasteiger partial charge on any atom is -0.452 e. The van der Waals surface area contributed by atoms with Gasteiger partial charge in [0, 0.05) is 0 Å². The van der Waals surface area contributed by atoms with E-state index in [1.165, 1.54) is 0 Å². The third-order valence-corrected chi connectivity index (χ3v) is 2.71. The van der Waals surface area contributed by atoms with Crippen molar-refractivity contribution in [3.8, 4) is 11.8 Å². The van der Waals surface area contributed by atoms with Gasteiger partial charge in [0.1, 0.15) is 0 Å². The maximum atomic E-state index is 11.4. The highest BCUT2D eigenvalue weighted by Crippen LogP contribution is 1.96. The zero-order valence-corrected chi connectivity index (χ0v) is 14.8. The molecule has 0 saturated carbocycles. The number of nitrogens with zero attached hydrogens (tertiary/aromatic N) is 2. The molecule has 0 spiro atoms. The molecule has 0 aliphatic carbocycles. The Morgan fingerprint density at radius 3 is 1.32 bits per heavy atom. The Morgan fingerprint density at radius 1 is 0.727 bits per heavy atom. The monoisotopic (exact) mass is 314 g/mol. The number of esters is 2. The first kappa shape index (κ1) is 20.4. The summed E-state index contributed by atoms with van der Waals surface area (Å²) in [5.74, 6) is 4.80. The summed E-state index contributed by atoms with van der Waals surface area (Å²) in [4.78, 5) is 22.8. The molecule has 0 heterocycles. The number of rotatable bonds is 8. The number of carbonyl (C=O) groups is 2. The lowest BCUT2D eigenvalue weighted by atomic mass is 10.4. The first-order chi connectivity index (χ1) is 9.99. The lowest BCUT2D eigenvalue weighted by Crippen LogP contribution is -2.36. The number of ether oxygens (including phenoxy) is 2. The van der Waals surface area contributed by atoms with Crippen molar-refractivity contribution < 1.29 is 28.0 Å². The molecule has 6 heteroatoms. The quantitative estimate of drug-likeness (QED) is 0.367. The first-order valence-electron chi connectivity index (χ1n) is 7.37. The molecule has 0 radical (unpaired) electrons. The molecule has 0 aromatic rings. The Labute approximate surface area is 134 Å². The second-order valence-corrected chi connectivity index (χ2v) is 7.20. The summed E-state index contributed by atoms with van der Waals surface area (Å²) >= 11 is 0. The van der Waals surface area contributed by atoms with Gasteiger partial charge in [0.2, 0.25) is 0 Å². The van der Waals surface area contributed by atoms with Crippen molar-refractivity contribution in [1.82, 2.24) is 0 Å². The highest BCUT2D eigenvalue weighted by atomic mass is 16.5. The smallest absolute Gasteiger partial charge is 0.312 e. The maximum Gasteiger partial charge on any atom is 0.312 e. The van der Waals surface area contributed by atoms with Gasteiger partial charge in [-0.2, -0.15) is 0 Å². The molecule has 0 atom stereocenters. The largest absolute Gasteiger partial charge is 0.452 e. The van der Waals surface area contributed by atoms with Gasteiger partial charge in [-0.25, -0.2) is 0 Å². The van der Waals surface area contributed by atoms with E-state index in [0.29, 0.717) is 21.8 Å². The highest BCUT2D eigenvalue weighted by molar-refractivity contribution is 5.70. The van der Waals surface area contributed by atoms with Crippen LogP contribution in [0.5, 0.6) is 0 Å². The third-order valence-electron chi connectivity index (χ3n) is 2.71. The molecule has 22 heavy (non-hydrogen) atoms. The molecule has 6 nitrogen and oxygen atoms in total. The Bertz CT molecular complexity index is 384. The maximum absolute atomic E-state index is 11.4. The molecule has 0 unspecified atom stereocenters. The minimum absolute atomic E-state index is 0.0341. The van der Waals surface area contributed by atoms with Crippen molar-refractivity contribution >= 4 is 11.9 Å². The van der Waals surface area contributed by atoms with E-state index >= 15 is 0 Å². The van der Waals surface area contributed by atoms with E-state index in [4.69, 9.17) is 9.47 Å². The van der Waals surface area contributed by atoms with Crippen molar-refractivity contribution in [2.75, 3.05) is 68.6 Å². The molecule has 0 amide bonds. The van der Waals surface area contributed by atoms with Crippen LogP contribution in [0.2, 0.25) is 0 Å². The van der Waals surface area contributed by atoms with Gasteiger partial charge < -0.3 is 18.4 Å². The predicted molar refractivity (Wildman–Crippen MR) is 84.7 cm³/mol. The highest BCUT2D eigenvalue weighted by Gasteiger charge is 2.12. The molecule has 0 aliphatic heterocycles.